The number of sulfonamides is 1. The second-order valence-corrected chi connectivity index (χ2v) is 8.73. The second kappa shape index (κ2) is 9.96. The fraction of sp³-hybridized carbons (Fsp3) is 0.263. The molecule has 0 heterocycles. The minimum absolute atomic E-state index is 0.102. The van der Waals surface area contributed by atoms with Crippen LogP contribution in [0.3, 0.4) is 0 Å². The third-order valence-electron chi connectivity index (χ3n) is 3.88. The number of benzene rings is 2. The number of hydrogen-bond acceptors (Lipinski definition) is 5. The lowest BCUT2D eigenvalue weighted by molar-refractivity contribution is -0.150. The van der Waals surface area contributed by atoms with E-state index in [1.54, 1.807) is 13.8 Å². The topological polar surface area (TPSA) is 102 Å². The molecule has 0 fully saturated rings. The maximum Gasteiger partial charge on any atom is 0.324 e. The van der Waals surface area contributed by atoms with Crippen LogP contribution in [0.4, 0.5) is 14.5 Å². The molecular weight excluding hydrogens is 442 g/mol. The van der Waals surface area contributed by atoms with Crippen molar-refractivity contribution in [3.63, 3.8) is 0 Å². The molecule has 2 N–H and O–H groups in total. The van der Waals surface area contributed by atoms with Gasteiger partial charge in [0.15, 0.2) is 6.61 Å². The van der Waals surface area contributed by atoms with Crippen LogP contribution in [0.25, 0.3) is 0 Å². The molecule has 0 aliphatic heterocycles. The van der Waals surface area contributed by atoms with Crippen molar-refractivity contribution in [2.24, 2.45) is 5.92 Å². The van der Waals surface area contributed by atoms with E-state index in [0.29, 0.717) is 11.1 Å². The minimum atomic E-state index is -4.06. The molecule has 0 unspecified atom stereocenters. The first-order valence-electron chi connectivity index (χ1n) is 8.69. The smallest absolute Gasteiger partial charge is 0.324 e. The molecule has 1 atom stereocenters. The van der Waals surface area contributed by atoms with Crippen LogP contribution in [0.1, 0.15) is 13.8 Å². The molecule has 30 heavy (non-hydrogen) atoms. The summed E-state index contributed by atoms with van der Waals surface area (Å²) in [4.78, 5) is 24.1. The van der Waals surface area contributed by atoms with Crippen molar-refractivity contribution in [3.05, 3.63) is 59.1 Å². The molecule has 0 spiro atoms. The Balaban J connectivity index is 2.01. The monoisotopic (exact) mass is 460 g/mol. The summed E-state index contributed by atoms with van der Waals surface area (Å²) in [6.07, 6.45) is 0. The molecule has 0 aliphatic carbocycles. The van der Waals surface area contributed by atoms with Gasteiger partial charge in [-0.3, -0.25) is 9.59 Å². The van der Waals surface area contributed by atoms with Gasteiger partial charge in [0, 0.05) is 11.1 Å². The molecule has 162 valence electrons. The number of nitrogens with one attached hydrogen (secondary N) is 2. The van der Waals surface area contributed by atoms with E-state index in [-0.39, 0.29) is 10.6 Å². The zero-order valence-electron chi connectivity index (χ0n) is 16.0. The number of ether oxygens (including phenoxy) is 1. The number of carbonyl (C=O) groups is 2. The van der Waals surface area contributed by atoms with Gasteiger partial charge in [0.25, 0.3) is 5.91 Å². The Bertz CT molecular complexity index is 1030. The third kappa shape index (κ3) is 6.48. The Kier molecular flexibility index (Phi) is 7.88. The largest absolute Gasteiger partial charge is 0.454 e. The van der Waals surface area contributed by atoms with Gasteiger partial charge in [0.2, 0.25) is 10.0 Å². The van der Waals surface area contributed by atoms with Gasteiger partial charge >= 0.3 is 5.97 Å². The lowest BCUT2D eigenvalue weighted by Gasteiger charge is -2.20. The molecule has 0 aromatic heterocycles. The quantitative estimate of drug-likeness (QED) is 0.589. The molecule has 2 rings (SSSR count). The van der Waals surface area contributed by atoms with Crippen LogP contribution in [0, 0.1) is 17.6 Å². The molecule has 0 saturated heterocycles. The first kappa shape index (κ1) is 23.7. The van der Waals surface area contributed by atoms with Gasteiger partial charge < -0.3 is 10.1 Å². The standard InChI is InChI=1S/C19H19ClF2N2O5S/c1-11(2)18(24-30(27,28)14-6-3-12(20)4-7-14)19(26)29-10-17(25)23-16-8-5-13(21)9-15(16)22/h3-9,11,18,24H,10H2,1-2H3,(H,23,25)/t18-/m0/s1. The van der Waals surface area contributed by atoms with E-state index < -0.39 is 52.1 Å². The normalized spacial score (nSPS) is 12.5. The second-order valence-electron chi connectivity index (χ2n) is 6.58. The van der Waals surface area contributed by atoms with Crippen molar-refractivity contribution in [2.75, 3.05) is 11.9 Å². The van der Waals surface area contributed by atoms with E-state index in [0.717, 1.165) is 12.1 Å². The number of rotatable bonds is 8. The number of anilines is 1. The van der Waals surface area contributed by atoms with E-state index in [1.165, 1.54) is 24.3 Å². The van der Waals surface area contributed by atoms with Crippen LogP contribution >= 0.6 is 11.6 Å². The summed E-state index contributed by atoms with van der Waals surface area (Å²) in [5.74, 6) is -4.18. The van der Waals surface area contributed by atoms with E-state index in [1.807, 2.05) is 0 Å². The van der Waals surface area contributed by atoms with Crippen molar-refractivity contribution >= 4 is 39.2 Å². The van der Waals surface area contributed by atoms with Gasteiger partial charge in [0.1, 0.15) is 17.7 Å². The zero-order valence-corrected chi connectivity index (χ0v) is 17.6. The number of hydrogen-bond donors (Lipinski definition) is 2. The van der Waals surface area contributed by atoms with Gasteiger partial charge in [-0.1, -0.05) is 25.4 Å². The van der Waals surface area contributed by atoms with Crippen LogP contribution in [0.15, 0.2) is 47.4 Å². The number of esters is 1. The predicted octanol–water partition coefficient (Wildman–Crippen LogP) is 3.10. The van der Waals surface area contributed by atoms with E-state index in [2.05, 4.69) is 10.0 Å². The Morgan fingerprint density at radius 3 is 2.30 bits per heavy atom. The van der Waals surface area contributed by atoms with Crippen LogP contribution in [0.2, 0.25) is 5.02 Å². The summed E-state index contributed by atoms with van der Waals surface area (Å²) in [6.45, 7) is 2.39. The molecule has 11 heteroatoms. The maximum absolute atomic E-state index is 13.6. The highest BCUT2D eigenvalue weighted by Crippen LogP contribution is 2.17. The average molecular weight is 461 g/mol. The van der Waals surface area contributed by atoms with Gasteiger partial charge in [-0.2, -0.15) is 4.72 Å². The van der Waals surface area contributed by atoms with E-state index in [9.17, 15) is 26.8 Å². The Morgan fingerprint density at radius 1 is 1.10 bits per heavy atom. The Hall–Kier alpha value is -2.56. The van der Waals surface area contributed by atoms with Crippen LogP contribution in [0.5, 0.6) is 0 Å². The molecule has 0 aliphatic rings. The minimum Gasteiger partial charge on any atom is -0.454 e. The first-order chi connectivity index (χ1) is 14.0. The summed E-state index contributed by atoms with van der Waals surface area (Å²) in [5, 5.41) is 2.48. The number of amides is 1. The summed E-state index contributed by atoms with van der Waals surface area (Å²) in [5.41, 5.74) is -0.290. The van der Waals surface area contributed by atoms with Crippen LogP contribution < -0.4 is 10.0 Å². The number of carbonyl (C=O) groups excluding carboxylic acids is 2. The summed E-state index contributed by atoms with van der Waals surface area (Å²) >= 11 is 5.75. The highest BCUT2D eigenvalue weighted by atomic mass is 35.5. The molecule has 2 aromatic carbocycles. The zero-order chi connectivity index (χ0) is 22.5. The Morgan fingerprint density at radius 2 is 1.73 bits per heavy atom. The molecule has 0 radical (unpaired) electrons. The van der Waals surface area contributed by atoms with Crippen molar-refractivity contribution < 1.29 is 31.5 Å². The predicted molar refractivity (Wildman–Crippen MR) is 106 cm³/mol. The van der Waals surface area contributed by atoms with Gasteiger partial charge in [0.05, 0.1) is 10.6 Å². The molecule has 0 bridgehead atoms. The molecule has 1 amide bonds. The molecule has 7 nitrogen and oxygen atoms in total. The van der Waals surface area contributed by atoms with Gasteiger partial charge in [-0.05, 0) is 42.3 Å². The summed E-state index contributed by atoms with van der Waals surface area (Å²) < 4.78 is 58.6. The highest BCUT2D eigenvalue weighted by Gasteiger charge is 2.30. The van der Waals surface area contributed by atoms with Crippen molar-refractivity contribution in [2.45, 2.75) is 24.8 Å². The lowest BCUT2D eigenvalue weighted by atomic mass is 10.1. The molecular formula is C19H19ClF2N2O5S. The average Bonchev–Trinajstić information content (AvgIpc) is 2.66. The summed E-state index contributed by atoms with van der Waals surface area (Å²) in [6, 6.07) is 6.60. The fourth-order valence-electron chi connectivity index (χ4n) is 2.31. The van der Waals surface area contributed by atoms with E-state index in [4.69, 9.17) is 16.3 Å². The SMILES string of the molecule is CC(C)[C@H](NS(=O)(=O)c1ccc(Cl)cc1)C(=O)OCC(=O)Nc1ccc(F)cc1F. The van der Waals surface area contributed by atoms with Crippen molar-refractivity contribution in [1.29, 1.82) is 0 Å². The van der Waals surface area contributed by atoms with Gasteiger partial charge in [-0.25, -0.2) is 17.2 Å². The third-order valence-corrected chi connectivity index (χ3v) is 5.59. The van der Waals surface area contributed by atoms with Crippen LogP contribution in [-0.4, -0.2) is 32.9 Å². The van der Waals surface area contributed by atoms with E-state index >= 15 is 0 Å². The Labute approximate surface area is 177 Å². The first-order valence-corrected chi connectivity index (χ1v) is 10.5. The lowest BCUT2D eigenvalue weighted by Crippen LogP contribution is -2.45. The molecule has 0 saturated carbocycles. The fourth-order valence-corrected chi connectivity index (χ4v) is 3.77. The van der Waals surface area contributed by atoms with Gasteiger partial charge in [-0.15, -0.1) is 0 Å². The maximum atomic E-state index is 13.6. The highest BCUT2D eigenvalue weighted by molar-refractivity contribution is 7.89. The summed E-state index contributed by atoms with van der Waals surface area (Å²) in [7, 11) is -4.06. The molecule has 2 aromatic rings. The van der Waals surface area contributed by atoms with Crippen LogP contribution in [-0.2, 0) is 24.3 Å². The van der Waals surface area contributed by atoms with Crippen molar-refractivity contribution in [3.8, 4) is 0 Å². The number of halogens is 3. The van der Waals surface area contributed by atoms with Crippen molar-refractivity contribution in [1.82, 2.24) is 4.72 Å².